The van der Waals surface area contributed by atoms with Crippen LogP contribution >= 0.6 is 11.8 Å². The molecular weight excluding hydrogens is 192 g/mol. The largest absolute Gasteiger partial charge is 0.466 e. The molecule has 0 fully saturated rings. The van der Waals surface area contributed by atoms with Gasteiger partial charge in [-0.25, -0.2) is 9.59 Å². The summed E-state index contributed by atoms with van der Waals surface area (Å²) in [6, 6.07) is 0. The quantitative estimate of drug-likeness (QED) is 0.373. The summed E-state index contributed by atoms with van der Waals surface area (Å²) in [7, 11) is 1.24. The minimum Gasteiger partial charge on any atom is -0.466 e. The summed E-state index contributed by atoms with van der Waals surface area (Å²) in [6.07, 6.45) is 3.99. The van der Waals surface area contributed by atoms with Crippen molar-refractivity contribution in [1.82, 2.24) is 0 Å². The molecule has 0 aliphatic heterocycles. The molecule has 0 heterocycles. The second-order valence-electron chi connectivity index (χ2n) is 2.02. The maximum absolute atomic E-state index is 10.8. The molecule has 4 nitrogen and oxygen atoms in total. The molecule has 0 aliphatic rings. The van der Waals surface area contributed by atoms with E-state index < -0.39 is 11.9 Å². The first-order chi connectivity index (χ1) is 6.20. The van der Waals surface area contributed by atoms with E-state index in [2.05, 4.69) is 4.74 Å². The van der Waals surface area contributed by atoms with Crippen molar-refractivity contribution in [3.63, 3.8) is 0 Å². The fourth-order valence-corrected chi connectivity index (χ4v) is 0.728. The van der Waals surface area contributed by atoms with Gasteiger partial charge in [-0.15, -0.1) is 0 Å². The molecule has 0 aromatic rings. The summed E-state index contributed by atoms with van der Waals surface area (Å²) >= 11 is 1.58. The van der Waals surface area contributed by atoms with Crippen molar-refractivity contribution in [1.29, 1.82) is 0 Å². The van der Waals surface area contributed by atoms with Gasteiger partial charge in [0.05, 0.1) is 7.11 Å². The van der Waals surface area contributed by atoms with Crippen LogP contribution in [0.4, 0.5) is 0 Å². The number of hydrogen-bond acceptors (Lipinski definition) is 5. The maximum atomic E-state index is 10.8. The molecule has 13 heavy (non-hydrogen) atoms. The molecule has 0 bridgehead atoms. The standard InChI is InChI=1S/C8H12O4S/c1-11-7(9)3-4-8(10)12-5-6-13-2/h3-4H,5-6H2,1-2H3/b4-3+. The summed E-state index contributed by atoms with van der Waals surface area (Å²) in [6.45, 7) is 0.353. The van der Waals surface area contributed by atoms with Crippen molar-refractivity contribution in [2.75, 3.05) is 25.7 Å². The molecule has 0 amide bonds. The Balaban J connectivity index is 3.61. The van der Waals surface area contributed by atoms with E-state index >= 15 is 0 Å². The van der Waals surface area contributed by atoms with Crippen LogP contribution in [0, 0.1) is 0 Å². The molecule has 0 spiro atoms. The van der Waals surface area contributed by atoms with Gasteiger partial charge in [-0.1, -0.05) is 0 Å². The van der Waals surface area contributed by atoms with Crippen LogP contribution in [0.15, 0.2) is 12.2 Å². The summed E-state index contributed by atoms with van der Waals surface area (Å²) in [4.78, 5) is 21.3. The zero-order valence-corrected chi connectivity index (χ0v) is 8.43. The van der Waals surface area contributed by atoms with E-state index in [1.807, 2.05) is 6.26 Å². The Morgan fingerprint density at radius 1 is 1.31 bits per heavy atom. The molecule has 74 valence electrons. The van der Waals surface area contributed by atoms with Gasteiger partial charge in [0.25, 0.3) is 0 Å². The molecule has 0 radical (unpaired) electrons. The van der Waals surface area contributed by atoms with Gasteiger partial charge in [0, 0.05) is 17.9 Å². The van der Waals surface area contributed by atoms with Crippen LogP contribution in [0.3, 0.4) is 0 Å². The van der Waals surface area contributed by atoms with Crippen molar-refractivity contribution < 1.29 is 19.1 Å². The molecule has 0 aliphatic carbocycles. The molecule has 0 aromatic heterocycles. The molecule has 0 rings (SSSR count). The van der Waals surface area contributed by atoms with Crippen LogP contribution in [0.1, 0.15) is 0 Å². The fraction of sp³-hybridized carbons (Fsp3) is 0.500. The van der Waals surface area contributed by atoms with E-state index in [4.69, 9.17) is 4.74 Å². The number of rotatable bonds is 5. The summed E-state index contributed by atoms with van der Waals surface area (Å²) in [5.41, 5.74) is 0. The van der Waals surface area contributed by atoms with Gasteiger partial charge >= 0.3 is 11.9 Å². The number of esters is 2. The van der Waals surface area contributed by atoms with E-state index in [1.165, 1.54) is 7.11 Å². The highest BCUT2D eigenvalue weighted by Gasteiger charge is 1.98. The van der Waals surface area contributed by atoms with Crippen LogP contribution in [-0.2, 0) is 19.1 Å². The fourth-order valence-electron chi connectivity index (χ4n) is 0.478. The zero-order valence-electron chi connectivity index (χ0n) is 7.61. The summed E-state index contributed by atoms with van der Waals surface area (Å²) in [5.74, 6) is -0.348. The Kier molecular flexibility index (Phi) is 7.10. The minimum absolute atomic E-state index is 0.353. The lowest BCUT2D eigenvalue weighted by Gasteiger charge is -1.98. The molecular formula is C8H12O4S. The highest BCUT2D eigenvalue weighted by atomic mass is 32.2. The maximum Gasteiger partial charge on any atom is 0.331 e. The molecule has 5 heteroatoms. The Hall–Kier alpha value is -0.970. The van der Waals surface area contributed by atoms with Gasteiger partial charge in [-0.05, 0) is 6.26 Å². The average Bonchev–Trinajstić information content (AvgIpc) is 2.14. The van der Waals surface area contributed by atoms with E-state index in [1.54, 1.807) is 11.8 Å². The lowest BCUT2D eigenvalue weighted by Crippen LogP contribution is -2.05. The zero-order chi connectivity index (χ0) is 10.1. The number of carbonyl (C=O) groups is 2. The molecule has 0 N–H and O–H groups in total. The Morgan fingerprint density at radius 2 is 1.92 bits per heavy atom. The van der Waals surface area contributed by atoms with E-state index in [0.717, 1.165) is 17.9 Å². The second kappa shape index (κ2) is 7.67. The van der Waals surface area contributed by atoms with Gasteiger partial charge in [0.15, 0.2) is 0 Å². The van der Waals surface area contributed by atoms with Gasteiger partial charge in [0.1, 0.15) is 6.61 Å². The van der Waals surface area contributed by atoms with E-state index in [-0.39, 0.29) is 0 Å². The monoisotopic (exact) mass is 204 g/mol. The minimum atomic E-state index is -0.568. The summed E-state index contributed by atoms with van der Waals surface area (Å²) < 4.78 is 9.01. The predicted octanol–water partition coefficient (Wildman–Crippen LogP) is 0.622. The van der Waals surface area contributed by atoms with Gasteiger partial charge < -0.3 is 9.47 Å². The van der Waals surface area contributed by atoms with Gasteiger partial charge in [0.2, 0.25) is 0 Å². The van der Waals surface area contributed by atoms with E-state index in [0.29, 0.717) is 6.61 Å². The van der Waals surface area contributed by atoms with Crippen LogP contribution < -0.4 is 0 Å². The number of thioether (sulfide) groups is 1. The third-order valence-electron chi connectivity index (χ3n) is 1.09. The molecule has 0 aromatic carbocycles. The van der Waals surface area contributed by atoms with Crippen molar-refractivity contribution in [2.24, 2.45) is 0 Å². The molecule has 0 unspecified atom stereocenters. The first-order valence-corrected chi connectivity index (χ1v) is 5.01. The van der Waals surface area contributed by atoms with Crippen molar-refractivity contribution in [3.05, 3.63) is 12.2 Å². The van der Waals surface area contributed by atoms with Crippen molar-refractivity contribution in [3.8, 4) is 0 Å². The topological polar surface area (TPSA) is 52.6 Å². The molecule has 0 atom stereocenters. The normalized spacial score (nSPS) is 10.0. The Labute approximate surface area is 81.3 Å². The van der Waals surface area contributed by atoms with Crippen LogP contribution in [0.5, 0.6) is 0 Å². The lowest BCUT2D eigenvalue weighted by molar-refractivity contribution is -0.138. The third kappa shape index (κ3) is 7.39. The highest BCUT2D eigenvalue weighted by Crippen LogP contribution is 1.91. The number of hydrogen-bond donors (Lipinski definition) is 0. The Morgan fingerprint density at radius 3 is 2.46 bits per heavy atom. The first kappa shape index (κ1) is 12.0. The number of carbonyl (C=O) groups excluding carboxylic acids is 2. The predicted molar refractivity (Wildman–Crippen MR) is 50.5 cm³/mol. The summed E-state index contributed by atoms with van der Waals surface area (Å²) in [5, 5.41) is 0. The SMILES string of the molecule is COC(=O)/C=C/C(=O)OCCSC. The molecule has 0 saturated carbocycles. The van der Waals surface area contributed by atoms with Crippen LogP contribution in [0.2, 0.25) is 0 Å². The second-order valence-corrected chi connectivity index (χ2v) is 3.00. The van der Waals surface area contributed by atoms with Crippen LogP contribution in [0.25, 0.3) is 0 Å². The smallest absolute Gasteiger partial charge is 0.331 e. The van der Waals surface area contributed by atoms with Crippen molar-refractivity contribution >= 4 is 23.7 Å². The highest BCUT2D eigenvalue weighted by molar-refractivity contribution is 7.98. The van der Waals surface area contributed by atoms with E-state index in [9.17, 15) is 9.59 Å². The average molecular weight is 204 g/mol. The van der Waals surface area contributed by atoms with Gasteiger partial charge in [-0.2, -0.15) is 11.8 Å². The number of ether oxygens (including phenoxy) is 2. The van der Waals surface area contributed by atoms with Crippen LogP contribution in [-0.4, -0.2) is 37.7 Å². The van der Waals surface area contributed by atoms with Gasteiger partial charge in [-0.3, -0.25) is 0 Å². The number of methoxy groups -OCH3 is 1. The Bertz CT molecular complexity index is 200. The third-order valence-corrected chi connectivity index (χ3v) is 1.66. The molecule has 0 saturated heterocycles. The first-order valence-electron chi connectivity index (χ1n) is 3.62. The lowest BCUT2D eigenvalue weighted by atomic mass is 10.5. The van der Waals surface area contributed by atoms with Crippen molar-refractivity contribution in [2.45, 2.75) is 0 Å².